The first-order valence-corrected chi connectivity index (χ1v) is 4.99. The Labute approximate surface area is 88.1 Å². The van der Waals surface area contributed by atoms with Crippen LogP contribution in [0.15, 0.2) is 6.20 Å². The Morgan fingerprint density at radius 3 is 2.79 bits per heavy atom. The lowest BCUT2D eigenvalue weighted by Crippen LogP contribution is -2.17. The number of nitrogens with zero attached hydrogens (tertiary/aromatic N) is 2. The topological polar surface area (TPSA) is 49.8 Å². The highest BCUT2D eigenvalue weighted by Crippen LogP contribution is 2.39. The third kappa shape index (κ3) is 1.90. The average Bonchev–Trinajstić information content (AvgIpc) is 2.88. The lowest BCUT2D eigenvalue weighted by Gasteiger charge is -2.13. The molecular formula is C9H13ClN4. The van der Waals surface area contributed by atoms with E-state index in [9.17, 15) is 0 Å². The standard InChI is InChI=1S/C9H13ClN4/c1-9(3-4-9)14-7-6(10)5-12-8(11-2)13-7/h5H,3-4H2,1-2H3,(H2,11,12,13,14). The molecule has 14 heavy (non-hydrogen) atoms. The largest absolute Gasteiger partial charge is 0.364 e. The summed E-state index contributed by atoms with van der Waals surface area (Å²) < 4.78 is 0. The van der Waals surface area contributed by atoms with Crippen molar-refractivity contribution in [2.24, 2.45) is 0 Å². The summed E-state index contributed by atoms with van der Waals surface area (Å²) in [6.45, 7) is 2.16. The van der Waals surface area contributed by atoms with Crippen LogP contribution >= 0.6 is 11.6 Å². The molecule has 0 atom stereocenters. The Kier molecular flexibility index (Phi) is 2.23. The molecule has 0 aliphatic heterocycles. The van der Waals surface area contributed by atoms with E-state index in [2.05, 4.69) is 27.5 Å². The number of halogens is 1. The second kappa shape index (κ2) is 3.28. The molecule has 0 radical (unpaired) electrons. The third-order valence-corrected chi connectivity index (χ3v) is 2.66. The molecule has 2 rings (SSSR count). The van der Waals surface area contributed by atoms with Crippen LogP contribution in [0.4, 0.5) is 11.8 Å². The Hall–Kier alpha value is -1.03. The second-order valence-corrected chi connectivity index (χ2v) is 4.23. The smallest absolute Gasteiger partial charge is 0.224 e. The Bertz CT molecular complexity index is 349. The third-order valence-electron chi connectivity index (χ3n) is 2.39. The number of hydrogen-bond acceptors (Lipinski definition) is 4. The van der Waals surface area contributed by atoms with Gasteiger partial charge in [0.25, 0.3) is 0 Å². The van der Waals surface area contributed by atoms with Gasteiger partial charge in [-0.15, -0.1) is 0 Å². The summed E-state index contributed by atoms with van der Waals surface area (Å²) in [5.41, 5.74) is 0.184. The highest BCUT2D eigenvalue weighted by atomic mass is 35.5. The van der Waals surface area contributed by atoms with E-state index in [1.807, 2.05) is 0 Å². The minimum atomic E-state index is 0.184. The van der Waals surface area contributed by atoms with Crippen molar-refractivity contribution in [1.82, 2.24) is 9.97 Å². The van der Waals surface area contributed by atoms with Gasteiger partial charge in [-0.2, -0.15) is 4.98 Å². The van der Waals surface area contributed by atoms with Crippen molar-refractivity contribution in [1.29, 1.82) is 0 Å². The molecule has 0 saturated heterocycles. The Balaban J connectivity index is 2.22. The van der Waals surface area contributed by atoms with E-state index in [4.69, 9.17) is 11.6 Å². The molecule has 0 bridgehead atoms. The Morgan fingerprint density at radius 2 is 2.21 bits per heavy atom. The van der Waals surface area contributed by atoms with Crippen LogP contribution in [0.25, 0.3) is 0 Å². The molecule has 1 aromatic heterocycles. The van der Waals surface area contributed by atoms with Crippen LogP contribution in [0.1, 0.15) is 19.8 Å². The predicted molar refractivity (Wildman–Crippen MR) is 57.9 cm³/mol. The van der Waals surface area contributed by atoms with E-state index in [-0.39, 0.29) is 5.54 Å². The number of nitrogens with one attached hydrogen (secondary N) is 2. The van der Waals surface area contributed by atoms with Gasteiger partial charge in [0.15, 0.2) is 5.82 Å². The van der Waals surface area contributed by atoms with Gasteiger partial charge in [0.05, 0.1) is 6.20 Å². The molecule has 4 nitrogen and oxygen atoms in total. The fourth-order valence-corrected chi connectivity index (χ4v) is 1.31. The van der Waals surface area contributed by atoms with Crippen molar-refractivity contribution in [2.75, 3.05) is 17.7 Å². The first-order valence-electron chi connectivity index (χ1n) is 4.61. The first kappa shape index (κ1) is 9.52. The van der Waals surface area contributed by atoms with Gasteiger partial charge in [-0.25, -0.2) is 4.98 Å². The Morgan fingerprint density at radius 1 is 1.50 bits per heavy atom. The monoisotopic (exact) mass is 212 g/mol. The van der Waals surface area contributed by atoms with Gasteiger partial charge in [0, 0.05) is 12.6 Å². The van der Waals surface area contributed by atoms with E-state index in [1.165, 1.54) is 12.8 Å². The van der Waals surface area contributed by atoms with E-state index in [0.717, 1.165) is 0 Å². The molecule has 1 aromatic rings. The number of aromatic nitrogens is 2. The molecule has 0 amide bonds. The normalized spacial score (nSPS) is 17.6. The zero-order valence-electron chi connectivity index (χ0n) is 8.26. The molecular weight excluding hydrogens is 200 g/mol. The maximum absolute atomic E-state index is 5.97. The summed E-state index contributed by atoms with van der Waals surface area (Å²) in [4.78, 5) is 8.26. The van der Waals surface area contributed by atoms with Crippen LogP contribution in [0.3, 0.4) is 0 Å². The SMILES string of the molecule is CNc1ncc(Cl)c(NC2(C)CC2)n1. The van der Waals surface area contributed by atoms with Crippen LogP contribution < -0.4 is 10.6 Å². The highest BCUT2D eigenvalue weighted by Gasteiger charge is 2.37. The maximum Gasteiger partial charge on any atom is 0.224 e. The minimum absolute atomic E-state index is 0.184. The lowest BCUT2D eigenvalue weighted by atomic mass is 10.3. The summed E-state index contributed by atoms with van der Waals surface area (Å²) >= 11 is 5.97. The molecule has 1 heterocycles. The lowest BCUT2D eigenvalue weighted by molar-refractivity contribution is 0.820. The van der Waals surface area contributed by atoms with Gasteiger partial charge in [-0.1, -0.05) is 11.6 Å². The predicted octanol–water partition coefficient (Wildman–Crippen LogP) is 2.14. The van der Waals surface area contributed by atoms with Crippen molar-refractivity contribution in [3.05, 3.63) is 11.2 Å². The van der Waals surface area contributed by atoms with E-state index >= 15 is 0 Å². The molecule has 2 N–H and O–H groups in total. The molecule has 0 spiro atoms. The van der Waals surface area contributed by atoms with Gasteiger partial charge in [-0.3, -0.25) is 0 Å². The summed E-state index contributed by atoms with van der Waals surface area (Å²) in [5.74, 6) is 1.30. The second-order valence-electron chi connectivity index (χ2n) is 3.83. The summed E-state index contributed by atoms with van der Waals surface area (Å²) in [6, 6.07) is 0. The summed E-state index contributed by atoms with van der Waals surface area (Å²) in [5, 5.41) is 6.76. The quantitative estimate of drug-likeness (QED) is 0.806. The van der Waals surface area contributed by atoms with E-state index in [1.54, 1.807) is 13.2 Å². The molecule has 5 heteroatoms. The van der Waals surface area contributed by atoms with Crippen molar-refractivity contribution < 1.29 is 0 Å². The number of anilines is 2. The van der Waals surface area contributed by atoms with Crippen LogP contribution in [-0.2, 0) is 0 Å². The zero-order chi connectivity index (χ0) is 10.2. The molecule has 1 saturated carbocycles. The fraction of sp³-hybridized carbons (Fsp3) is 0.556. The summed E-state index contributed by atoms with van der Waals surface area (Å²) in [6.07, 6.45) is 3.94. The highest BCUT2D eigenvalue weighted by molar-refractivity contribution is 6.32. The molecule has 0 unspecified atom stereocenters. The first-order chi connectivity index (χ1) is 6.63. The van der Waals surface area contributed by atoms with Gasteiger partial charge >= 0.3 is 0 Å². The van der Waals surface area contributed by atoms with Gasteiger partial charge in [0.2, 0.25) is 5.95 Å². The number of hydrogen-bond donors (Lipinski definition) is 2. The molecule has 1 fully saturated rings. The van der Waals surface area contributed by atoms with Gasteiger partial charge < -0.3 is 10.6 Å². The van der Waals surface area contributed by atoms with Crippen molar-refractivity contribution in [3.8, 4) is 0 Å². The fourth-order valence-electron chi connectivity index (χ4n) is 1.17. The van der Waals surface area contributed by atoms with Crippen LogP contribution in [-0.4, -0.2) is 22.6 Å². The van der Waals surface area contributed by atoms with Gasteiger partial charge in [0.1, 0.15) is 5.02 Å². The van der Waals surface area contributed by atoms with Crippen molar-refractivity contribution >= 4 is 23.4 Å². The molecule has 1 aliphatic rings. The molecule has 1 aliphatic carbocycles. The van der Waals surface area contributed by atoms with Crippen molar-refractivity contribution in [2.45, 2.75) is 25.3 Å². The average molecular weight is 213 g/mol. The number of rotatable bonds is 3. The van der Waals surface area contributed by atoms with Crippen LogP contribution in [0.5, 0.6) is 0 Å². The van der Waals surface area contributed by atoms with E-state index < -0.39 is 0 Å². The van der Waals surface area contributed by atoms with Crippen LogP contribution in [0.2, 0.25) is 5.02 Å². The zero-order valence-corrected chi connectivity index (χ0v) is 9.02. The molecule has 76 valence electrons. The maximum atomic E-state index is 5.97. The summed E-state index contributed by atoms with van der Waals surface area (Å²) in [7, 11) is 1.78. The minimum Gasteiger partial charge on any atom is -0.364 e. The van der Waals surface area contributed by atoms with Gasteiger partial charge in [-0.05, 0) is 19.8 Å². The van der Waals surface area contributed by atoms with Crippen molar-refractivity contribution in [3.63, 3.8) is 0 Å². The van der Waals surface area contributed by atoms with E-state index in [0.29, 0.717) is 16.8 Å². The van der Waals surface area contributed by atoms with Crippen LogP contribution in [0, 0.1) is 0 Å². The molecule has 0 aromatic carbocycles.